The number of aryl methyl sites for hydroxylation is 1. The maximum atomic E-state index is 12.8. The number of carbonyl (C=O) groups is 1. The van der Waals surface area contributed by atoms with Crippen LogP contribution in [0.3, 0.4) is 0 Å². The third kappa shape index (κ3) is 3.41. The number of rotatable bonds is 3. The minimum absolute atomic E-state index is 0.132. The van der Waals surface area contributed by atoms with Gasteiger partial charge in [0, 0.05) is 30.3 Å². The smallest absolute Gasteiger partial charge is 0.244 e. The first-order valence-electron chi connectivity index (χ1n) is 7.92. The third-order valence-corrected chi connectivity index (χ3v) is 4.77. The van der Waals surface area contributed by atoms with Crippen molar-refractivity contribution in [1.29, 1.82) is 0 Å². The van der Waals surface area contributed by atoms with Gasteiger partial charge < -0.3 is 4.90 Å². The largest absolute Gasteiger partial charge is 0.310 e. The third-order valence-electron chi connectivity index (χ3n) is 4.54. The molecule has 0 N–H and O–H groups in total. The second-order valence-corrected chi connectivity index (χ2v) is 6.48. The molecule has 0 saturated carbocycles. The highest BCUT2D eigenvalue weighted by Crippen LogP contribution is 2.24. The van der Waals surface area contributed by atoms with Crippen molar-refractivity contribution in [1.82, 2.24) is 4.90 Å². The average Bonchev–Trinajstić information content (AvgIpc) is 2.54. The van der Waals surface area contributed by atoms with Crippen molar-refractivity contribution in [3.63, 3.8) is 0 Å². The molecule has 120 valence electrons. The van der Waals surface area contributed by atoms with Crippen LogP contribution in [0, 0.1) is 6.92 Å². The van der Waals surface area contributed by atoms with E-state index in [0.717, 1.165) is 18.8 Å². The van der Waals surface area contributed by atoms with Crippen LogP contribution in [0.1, 0.15) is 18.1 Å². The van der Waals surface area contributed by atoms with Gasteiger partial charge in [0.05, 0.1) is 6.04 Å². The molecule has 23 heavy (non-hydrogen) atoms. The van der Waals surface area contributed by atoms with Crippen LogP contribution in [0.2, 0.25) is 5.02 Å². The van der Waals surface area contributed by atoms with Crippen molar-refractivity contribution < 1.29 is 4.79 Å². The number of piperazine rings is 1. The molecule has 0 spiro atoms. The Balaban J connectivity index is 1.75. The summed E-state index contributed by atoms with van der Waals surface area (Å²) in [5.74, 6) is 0.132. The monoisotopic (exact) mass is 328 g/mol. The van der Waals surface area contributed by atoms with Crippen molar-refractivity contribution in [2.45, 2.75) is 26.4 Å². The summed E-state index contributed by atoms with van der Waals surface area (Å²) in [6, 6.07) is 15.7. The van der Waals surface area contributed by atoms with E-state index >= 15 is 0 Å². The predicted octanol–water partition coefficient (Wildman–Crippen LogP) is 3.89. The summed E-state index contributed by atoms with van der Waals surface area (Å²) in [6.07, 6.45) is 0. The average molecular weight is 329 g/mol. The van der Waals surface area contributed by atoms with Crippen LogP contribution in [0.15, 0.2) is 48.5 Å². The standard InChI is InChI=1S/C19H21ClN2O/c1-14-6-3-4-7-16(14)13-21-10-11-22(19(23)15(21)2)18-9-5-8-17(20)12-18/h3-9,12,15H,10-11,13H2,1-2H3. The Kier molecular flexibility index (Phi) is 4.69. The van der Waals surface area contributed by atoms with Gasteiger partial charge in [0.15, 0.2) is 0 Å². The van der Waals surface area contributed by atoms with E-state index in [9.17, 15) is 4.79 Å². The Hall–Kier alpha value is -1.84. The quantitative estimate of drug-likeness (QED) is 0.853. The van der Waals surface area contributed by atoms with Gasteiger partial charge in [0.1, 0.15) is 0 Å². The van der Waals surface area contributed by atoms with Crippen LogP contribution in [0.4, 0.5) is 5.69 Å². The first-order chi connectivity index (χ1) is 11.1. The molecule has 1 amide bonds. The molecule has 2 aromatic rings. The Labute approximate surface area is 142 Å². The zero-order chi connectivity index (χ0) is 16.4. The van der Waals surface area contributed by atoms with Gasteiger partial charge in [-0.15, -0.1) is 0 Å². The minimum Gasteiger partial charge on any atom is -0.310 e. The summed E-state index contributed by atoms with van der Waals surface area (Å²) >= 11 is 6.05. The highest BCUT2D eigenvalue weighted by atomic mass is 35.5. The highest BCUT2D eigenvalue weighted by molar-refractivity contribution is 6.30. The molecule has 0 aromatic heterocycles. The van der Waals surface area contributed by atoms with E-state index in [4.69, 9.17) is 11.6 Å². The van der Waals surface area contributed by atoms with Crippen LogP contribution in [-0.4, -0.2) is 29.9 Å². The number of carbonyl (C=O) groups excluding carboxylic acids is 1. The molecule has 0 aliphatic carbocycles. The second-order valence-electron chi connectivity index (χ2n) is 6.04. The lowest BCUT2D eigenvalue weighted by molar-refractivity contribution is -0.125. The molecule has 1 aliphatic rings. The minimum atomic E-state index is -0.137. The number of halogens is 1. The molecule has 1 fully saturated rings. The van der Waals surface area contributed by atoms with Crippen molar-refractivity contribution in [3.05, 3.63) is 64.7 Å². The molecule has 0 bridgehead atoms. The summed E-state index contributed by atoms with van der Waals surface area (Å²) < 4.78 is 0. The van der Waals surface area contributed by atoms with Crippen molar-refractivity contribution >= 4 is 23.2 Å². The van der Waals surface area contributed by atoms with Gasteiger partial charge in [-0.3, -0.25) is 9.69 Å². The molecule has 1 unspecified atom stereocenters. The molecule has 1 heterocycles. The Morgan fingerprint density at radius 2 is 1.91 bits per heavy atom. The van der Waals surface area contributed by atoms with E-state index in [1.54, 1.807) is 0 Å². The highest BCUT2D eigenvalue weighted by Gasteiger charge is 2.32. The maximum Gasteiger partial charge on any atom is 0.244 e. The molecule has 1 aliphatic heterocycles. The van der Waals surface area contributed by atoms with Gasteiger partial charge >= 0.3 is 0 Å². The zero-order valence-electron chi connectivity index (χ0n) is 13.5. The fourth-order valence-corrected chi connectivity index (χ4v) is 3.22. The van der Waals surface area contributed by atoms with E-state index < -0.39 is 0 Å². The number of anilines is 1. The van der Waals surface area contributed by atoms with Crippen LogP contribution in [-0.2, 0) is 11.3 Å². The Bertz CT molecular complexity index is 716. The van der Waals surface area contributed by atoms with Crippen molar-refractivity contribution in [3.8, 4) is 0 Å². The van der Waals surface area contributed by atoms with Gasteiger partial charge in [0.25, 0.3) is 0 Å². The van der Waals surface area contributed by atoms with Crippen LogP contribution >= 0.6 is 11.6 Å². The van der Waals surface area contributed by atoms with E-state index in [1.807, 2.05) is 42.2 Å². The number of benzene rings is 2. The van der Waals surface area contributed by atoms with E-state index in [2.05, 4.69) is 30.0 Å². The lowest BCUT2D eigenvalue weighted by atomic mass is 10.1. The lowest BCUT2D eigenvalue weighted by Gasteiger charge is -2.39. The summed E-state index contributed by atoms with van der Waals surface area (Å²) in [4.78, 5) is 16.8. The predicted molar refractivity (Wildman–Crippen MR) is 94.9 cm³/mol. The fourth-order valence-electron chi connectivity index (χ4n) is 3.04. The number of hydrogen-bond donors (Lipinski definition) is 0. The van der Waals surface area contributed by atoms with Gasteiger partial charge in [-0.1, -0.05) is 41.9 Å². The van der Waals surface area contributed by atoms with Crippen LogP contribution in [0.25, 0.3) is 0 Å². The van der Waals surface area contributed by atoms with Gasteiger partial charge in [0.2, 0.25) is 5.91 Å². The second kappa shape index (κ2) is 6.73. The molecule has 4 heteroatoms. The molecule has 3 rings (SSSR count). The van der Waals surface area contributed by atoms with Gasteiger partial charge in [-0.05, 0) is 43.2 Å². The van der Waals surface area contributed by atoms with Crippen LogP contribution < -0.4 is 4.90 Å². The Morgan fingerprint density at radius 1 is 1.13 bits per heavy atom. The number of nitrogens with zero attached hydrogens (tertiary/aromatic N) is 2. The molecular weight excluding hydrogens is 308 g/mol. The first kappa shape index (κ1) is 16.0. The zero-order valence-corrected chi connectivity index (χ0v) is 14.3. The van der Waals surface area contributed by atoms with Crippen molar-refractivity contribution in [2.24, 2.45) is 0 Å². The van der Waals surface area contributed by atoms with E-state index in [-0.39, 0.29) is 11.9 Å². The maximum absolute atomic E-state index is 12.8. The van der Waals surface area contributed by atoms with Gasteiger partial charge in [-0.2, -0.15) is 0 Å². The SMILES string of the molecule is Cc1ccccc1CN1CCN(c2cccc(Cl)c2)C(=O)C1C. The molecule has 0 radical (unpaired) electrons. The summed E-state index contributed by atoms with van der Waals surface area (Å²) in [7, 11) is 0. The van der Waals surface area contributed by atoms with E-state index in [0.29, 0.717) is 11.6 Å². The molecule has 1 atom stereocenters. The fraction of sp³-hybridized carbons (Fsp3) is 0.316. The lowest BCUT2D eigenvalue weighted by Crippen LogP contribution is -2.55. The first-order valence-corrected chi connectivity index (χ1v) is 8.29. The molecule has 3 nitrogen and oxygen atoms in total. The summed E-state index contributed by atoms with van der Waals surface area (Å²) in [6.45, 7) is 6.45. The normalized spacial score (nSPS) is 19.2. The number of amides is 1. The summed E-state index contributed by atoms with van der Waals surface area (Å²) in [5, 5.41) is 0.658. The molecule has 2 aromatic carbocycles. The Morgan fingerprint density at radius 3 is 2.65 bits per heavy atom. The topological polar surface area (TPSA) is 23.6 Å². The van der Waals surface area contributed by atoms with Gasteiger partial charge in [-0.25, -0.2) is 0 Å². The molecular formula is C19H21ClN2O. The van der Waals surface area contributed by atoms with Crippen molar-refractivity contribution in [2.75, 3.05) is 18.0 Å². The summed E-state index contributed by atoms with van der Waals surface area (Å²) in [5.41, 5.74) is 3.43. The van der Waals surface area contributed by atoms with E-state index in [1.165, 1.54) is 11.1 Å². The molecule has 1 saturated heterocycles. The number of hydrogen-bond acceptors (Lipinski definition) is 2. The van der Waals surface area contributed by atoms with Crippen LogP contribution in [0.5, 0.6) is 0 Å².